The summed E-state index contributed by atoms with van der Waals surface area (Å²) in [6, 6.07) is 5.79. The quantitative estimate of drug-likeness (QED) is 0.859. The highest BCUT2D eigenvalue weighted by Gasteiger charge is 2.34. The molecule has 1 heterocycles. The topological polar surface area (TPSA) is 63.4 Å². The Balaban J connectivity index is 2.27. The van der Waals surface area contributed by atoms with Crippen molar-refractivity contribution in [2.24, 2.45) is 5.73 Å². The van der Waals surface area contributed by atoms with Crippen LogP contribution in [0.15, 0.2) is 27.6 Å². The molecular formula is C13H13BrN2O2S. The lowest BCUT2D eigenvalue weighted by Crippen LogP contribution is -2.33. The van der Waals surface area contributed by atoms with Crippen LogP contribution in [-0.4, -0.2) is 29.1 Å². The number of amides is 2. The van der Waals surface area contributed by atoms with Gasteiger partial charge in [0.25, 0.3) is 11.1 Å². The molecule has 1 fully saturated rings. The molecule has 1 saturated heterocycles. The maximum Gasteiger partial charge on any atom is 0.293 e. The first-order chi connectivity index (χ1) is 9.02. The van der Waals surface area contributed by atoms with Gasteiger partial charge in [-0.15, -0.1) is 0 Å². The second kappa shape index (κ2) is 5.90. The first-order valence-electron chi connectivity index (χ1n) is 5.74. The third kappa shape index (κ3) is 3.08. The number of benzene rings is 1. The number of halogens is 1. The van der Waals surface area contributed by atoms with Gasteiger partial charge in [-0.05, 0) is 42.0 Å². The molecule has 100 valence electrons. The van der Waals surface area contributed by atoms with Gasteiger partial charge >= 0.3 is 0 Å². The average Bonchev–Trinajstić information content (AvgIpc) is 2.62. The largest absolute Gasteiger partial charge is 0.329 e. The predicted molar refractivity (Wildman–Crippen MR) is 80.6 cm³/mol. The second-order valence-electron chi connectivity index (χ2n) is 4.13. The van der Waals surface area contributed by atoms with Crippen LogP contribution in [0.5, 0.6) is 0 Å². The molecule has 0 radical (unpaired) electrons. The highest BCUT2D eigenvalue weighted by atomic mass is 79.9. The highest BCUT2D eigenvalue weighted by molar-refractivity contribution is 9.10. The maximum atomic E-state index is 12.0. The Morgan fingerprint density at radius 2 is 2.16 bits per heavy atom. The van der Waals surface area contributed by atoms with Crippen LogP contribution >= 0.6 is 27.7 Å². The number of imide groups is 1. The molecular weight excluding hydrogens is 328 g/mol. The lowest BCUT2D eigenvalue weighted by Gasteiger charge is -2.09. The van der Waals surface area contributed by atoms with Crippen LogP contribution in [0.1, 0.15) is 11.1 Å². The summed E-state index contributed by atoms with van der Waals surface area (Å²) in [6.45, 7) is 2.53. The van der Waals surface area contributed by atoms with Crippen molar-refractivity contribution >= 4 is 44.9 Å². The molecule has 0 bridgehead atoms. The van der Waals surface area contributed by atoms with E-state index in [4.69, 9.17) is 5.73 Å². The van der Waals surface area contributed by atoms with E-state index >= 15 is 0 Å². The number of carbonyl (C=O) groups excluding carboxylic acids is 2. The number of nitrogens with two attached hydrogens (primary N) is 1. The smallest absolute Gasteiger partial charge is 0.293 e. The first kappa shape index (κ1) is 14.3. The van der Waals surface area contributed by atoms with Gasteiger partial charge in [-0.3, -0.25) is 14.5 Å². The van der Waals surface area contributed by atoms with Crippen molar-refractivity contribution in [3.05, 3.63) is 38.7 Å². The van der Waals surface area contributed by atoms with Crippen molar-refractivity contribution in [1.82, 2.24) is 4.90 Å². The molecule has 1 aromatic rings. The van der Waals surface area contributed by atoms with Crippen LogP contribution < -0.4 is 5.73 Å². The van der Waals surface area contributed by atoms with Gasteiger partial charge in [0.15, 0.2) is 0 Å². The van der Waals surface area contributed by atoms with Crippen LogP contribution in [0.4, 0.5) is 4.79 Å². The number of hydrogen-bond donors (Lipinski definition) is 1. The zero-order valence-corrected chi connectivity index (χ0v) is 12.8. The van der Waals surface area contributed by atoms with Gasteiger partial charge in [0.05, 0.1) is 4.91 Å². The summed E-state index contributed by atoms with van der Waals surface area (Å²) in [6.07, 6.45) is 1.73. The molecule has 2 amide bonds. The van der Waals surface area contributed by atoms with Crippen LogP contribution in [0.25, 0.3) is 6.08 Å². The zero-order chi connectivity index (χ0) is 14.0. The van der Waals surface area contributed by atoms with E-state index in [9.17, 15) is 9.59 Å². The molecule has 1 aliphatic rings. The van der Waals surface area contributed by atoms with Gasteiger partial charge in [-0.2, -0.15) is 0 Å². The van der Waals surface area contributed by atoms with E-state index in [1.807, 2.05) is 25.1 Å². The van der Waals surface area contributed by atoms with Gasteiger partial charge in [0.1, 0.15) is 0 Å². The summed E-state index contributed by atoms with van der Waals surface area (Å²) in [7, 11) is 0. The fourth-order valence-electron chi connectivity index (χ4n) is 1.67. The van der Waals surface area contributed by atoms with E-state index in [0.29, 0.717) is 4.91 Å². The fraction of sp³-hybridized carbons (Fsp3) is 0.231. The third-order valence-electron chi connectivity index (χ3n) is 2.72. The SMILES string of the molecule is Cc1ccc(/C=C2/SC(=O)N(CCN)C2=O)cc1Br. The van der Waals surface area contributed by atoms with Crippen molar-refractivity contribution in [3.63, 3.8) is 0 Å². The monoisotopic (exact) mass is 340 g/mol. The molecule has 1 aliphatic heterocycles. The summed E-state index contributed by atoms with van der Waals surface area (Å²) >= 11 is 4.40. The molecule has 1 aromatic carbocycles. The van der Waals surface area contributed by atoms with E-state index in [1.54, 1.807) is 6.08 Å². The van der Waals surface area contributed by atoms with Crippen LogP contribution in [-0.2, 0) is 4.79 Å². The molecule has 4 nitrogen and oxygen atoms in total. The van der Waals surface area contributed by atoms with Gasteiger partial charge in [-0.25, -0.2) is 0 Å². The number of rotatable bonds is 3. The Hall–Kier alpha value is -1.11. The molecule has 0 spiro atoms. The predicted octanol–water partition coefficient (Wildman–Crippen LogP) is 2.75. The van der Waals surface area contributed by atoms with Gasteiger partial charge in [0.2, 0.25) is 0 Å². The minimum Gasteiger partial charge on any atom is -0.329 e. The van der Waals surface area contributed by atoms with Gasteiger partial charge in [-0.1, -0.05) is 28.1 Å². The lowest BCUT2D eigenvalue weighted by atomic mass is 10.1. The van der Waals surface area contributed by atoms with Crippen LogP contribution in [0.2, 0.25) is 0 Å². The minimum absolute atomic E-state index is 0.257. The highest BCUT2D eigenvalue weighted by Crippen LogP contribution is 2.32. The molecule has 0 aromatic heterocycles. The number of aryl methyl sites for hydroxylation is 1. The van der Waals surface area contributed by atoms with Crippen molar-refractivity contribution in [2.75, 3.05) is 13.1 Å². The fourth-order valence-corrected chi connectivity index (χ4v) is 2.93. The number of carbonyl (C=O) groups is 2. The van der Waals surface area contributed by atoms with Crippen molar-refractivity contribution in [3.8, 4) is 0 Å². The summed E-state index contributed by atoms with van der Waals surface area (Å²) in [5, 5.41) is -0.257. The molecule has 0 saturated carbocycles. The Morgan fingerprint density at radius 1 is 1.42 bits per heavy atom. The zero-order valence-electron chi connectivity index (χ0n) is 10.4. The normalized spacial score (nSPS) is 17.6. The van der Waals surface area contributed by atoms with E-state index in [1.165, 1.54) is 4.90 Å². The van der Waals surface area contributed by atoms with Crippen LogP contribution in [0.3, 0.4) is 0 Å². The number of hydrogen-bond acceptors (Lipinski definition) is 4. The summed E-state index contributed by atoms with van der Waals surface area (Å²) < 4.78 is 0.974. The summed E-state index contributed by atoms with van der Waals surface area (Å²) in [5.74, 6) is -0.267. The number of thioether (sulfide) groups is 1. The standard InChI is InChI=1S/C13H13BrN2O2S/c1-8-2-3-9(6-10(8)14)7-11-12(17)16(5-4-15)13(18)19-11/h2-3,6-7H,4-5,15H2,1H3/b11-7+. The van der Waals surface area contributed by atoms with Gasteiger partial charge < -0.3 is 5.73 Å². The minimum atomic E-state index is -0.267. The lowest BCUT2D eigenvalue weighted by molar-refractivity contribution is -0.122. The molecule has 0 unspecified atom stereocenters. The van der Waals surface area contributed by atoms with Crippen LogP contribution in [0, 0.1) is 6.92 Å². The Bertz CT molecular complexity index is 572. The number of nitrogens with zero attached hydrogens (tertiary/aromatic N) is 1. The average molecular weight is 341 g/mol. The molecule has 0 aliphatic carbocycles. The van der Waals surface area contributed by atoms with Crippen molar-refractivity contribution < 1.29 is 9.59 Å². The Kier molecular flexibility index (Phi) is 4.44. The Morgan fingerprint density at radius 3 is 2.79 bits per heavy atom. The Labute approximate surface area is 124 Å². The van der Waals surface area contributed by atoms with Gasteiger partial charge in [0, 0.05) is 17.6 Å². The van der Waals surface area contributed by atoms with E-state index in [-0.39, 0.29) is 24.2 Å². The van der Waals surface area contributed by atoms with Crippen molar-refractivity contribution in [2.45, 2.75) is 6.92 Å². The van der Waals surface area contributed by atoms with E-state index in [0.717, 1.165) is 27.4 Å². The van der Waals surface area contributed by atoms with E-state index in [2.05, 4.69) is 15.9 Å². The first-order valence-corrected chi connectivity index (χ1v) is 7.35. The third-order valence-corrected chi connectivity index (χ3v) is 4.48. The molecule has 19 heavy (non-hydrogen) atoms. The van der Waals surface area contributed by atoms with Crippen molar-refractivity contribution in [1.29, 1.82) is 0 Å². The summed E-state index contributed by atoms with van der Waals surface area (Å²) in [4.78, 5) is 25.3. The maximum absolute atomic E-state index is 12.0. The molecule has 6 heteroatoms. The van der Waals surface area contributed by atoms with E-state index < -0.39 is 0 Å². The molecule has 2 N–H and O–H groups in total. The molecule has 2 rings (SSSR count). The second-order valence-corrected chi connectivity index (χ2v) is 5.98. The summed E-state index contributed by atoms with van der Waals surface area (Å²) in [5.41, 5.74) is 7.39. The molecule has 0 atom stereocenters.